The van der Waals surface area contributed by atoms with Crippen LogP contribution in [0.25, 0.3) is 0 Å². The number of nitrogens with one attached hydrogen (secondary N) is 1. The van der Waals surface area contributed by atoms with Crippen LogP contribution in [0.5, 0.6) is 0 Å². The summed E-state index contributed by atoms with van der Waals surface area (Å²) in [5.41, 5.74) is 0. The third kappa shape index (κ3) is 4.36. The van der Waals surface area contributed by atoms with Crippen LogP contribution >= 0.6 is 11.6 Å². The normalized spacial score (nSPS) is 17.7. The van der Waals surface area contributed by atoms with E-state index in [0.29, 0.717) is 0 Å². The zero-order valence-electron chi connectivity index (χ0n) is 9.60. The number of imide groups is 1. The second kappa shape index (κ2) is 6.26. The van der Waals surface area contributed by atoms with E-state index in [4.69, 9.17) is 11.6 Å². The molecule has 1 aliphatic rings. The molecule has 3 amide bonds. The fraction of sp³-hybridized carbons (Fsp3) is 0.800. The Bertz CT molecular complexity index is 315. The van der Waals surface area contributed by atoms with Crippen molar-refractivity contribution in [3.63, 3.8) is 0 Å². The summed E-state index contributed by atoms with van der Waals surface area (Å²) in [6.45, 7) is 0.00826. The van der Waals surface area contributed by atoms with Crippen molar-refractivity contribution in [2.45, 2.75) is 25.4 Å². The highest BCUT2D eigenvalue weighted by atomic mass is 35.5. The van der Waals surface area contributed by atoms with Crippen LogP contribution in [0.1, 0.15) is 19.3 Å². The van der Waals surface area contributed by atoms with Gasteiger partial charge in [-0.25, -0.2) is 4.79 Å². The number of nitrogens with zero attached hydrogens (tertiary/aromatic N) is 1. The van der Waals surface area contributed by atoms with Gasteiger partial charge in [0.25, 0.3) is 0 Å². The molecule has 1 heterocycles. The number of carbonyl (C=O) groups is 2. The van der Waals surface area contributed by atoms with Crippen molar-refractivity contribution in [2.24, 2.45) is 5.92 Å². The lowest BCUT2D eigenvalue weighted by molar-refractivity contribution is -0.183. The second-order valence-corrected chi connectivity index (χ2v) is 4.47. The van der Waals surface area contributed by atoms with Crippen LogP contribution in [0, 0.1) is 5.92 Å². The zero-order chi connectivity index (χ0) is 13.8. The number of hydrogen-bond acceptors (Lipinski definition) is 2. The molecule has 0 aromatic carbocycles. The van der Waals surface area contributed by atoms with Crippen molar-refractivity contribution in [2.75, 3.05) is 19.0 Å². The Balaban J connectivity index is 2.39. The van der Waals surface area contributed by atoms with E-state index in [-0.39, 0.29) is 38.2 Å². The van der Waals surface area contributed by atoms with E-state index >= 15 is 0 Å². The van der Waals surface area contributed by atoms with Gasteiger partial charge in [-0.3, -0.25) is 10.1 Å². The van der Waals surface area contributed by atoms with Gasteiger partial charge >= 0.3 is 12.2 Å². The lowest BCUT2D eigenvalue weighted by atomic mass is 9.96. The van der Waals surface area contributed by atoms with E-state index in [1.165, 1.54) is 4.90 Å². The van der Waals surface area contributed by atoms with Crippen molar-refractivity contribution in [1.82, 2.24) is 10.2 Å². The highest BCUT2D eigenvalue weighted by Crippen LogP contribution is 2.33. The van der Waals surface area contributed by atoms with Crippen LogP contribution in [0.4, 0.5) is 18.0 Å². The summed E-state index contributed by atoms with van der Waals surface area (Å²) in [4.78, 5) is 23.8. The van der Waals surface area contributed by atoms with E-state index in [0.717, 1.165) is 0 Å². The Kier molecular flexibility index (Phi) is 5.25. The Labute approximate surface area is 107 Å². The molecule has 1 aliphatic heterocycles. The van der Waals surface area contributed by atoms with Crippen molar-refractivity contribution in [1.29, 1.82) is 0 Å². The van der Waals surface area contributed by atoms with Crippen molar-refractivity contribution >= 4 is 23.5 Å². The molecule has 0 radical (unpaired) electrons. The molecule has 1 rings (SSSR count). The molecule has 8 heteroatoms. The van der Waals surface area contributed by atoms with E-state index in [1.807, 2.05) is 0 Å². The molecule has 104 valence electrons. The first kappa shape index (κ1) is 15.1. The minimum Gasteiger partial charge on any atom is -0.324 e. The summed E-state index contributed by atoms with van der Waals surface area (Å²) in [5, 5.41) is 2.09. The SMILES string of the molecule is O=C(CCCl)NC(=O)N1CCC(C(F)(F)F)CC1. The molecule has 1 saturated heterocycles. The van der Waals surface area contributed by atoms with Gasteiger partial charge in [-0.05, 0) is 12.8 Å². The zero-order valence-corrected chi connectivity index (χ0v) is 10.4. The topological polar surface area (TPSA) is 49.4 Å². The second-order valence-electron chi connectivity index (χ2n) is 4.10. The van der Waals surface area contributed by atoms with Crippen molar-refractivity contribution < 1.29 is 22.8 Å². The van der Waals surface area contributed by atoms with Crippen LogP contribution in [-0.4, -0.2) is 42.0 Å². The number of likely N-dealkylation sites (tertiary alicyclic amines) is 1. The van der Waals surface area contributed by atoms with Crippen LogP contribution in [-0.2, 0) is 4.79 Å². The number of rotatable bonds is 2. The van der Waals surface area contributed by atoms with Crippen molar-refractivity contribution in [3.05, 3.63) is 0 Å². The summed E-state index contributed by atoms with van der Waals surface area (Å²) in [5.74, 6) is -1.79. The van der Waals surface area contributed by atoms with Gasteiger partial charge in [-0.15, -0.1) is 11.6 Å². The summed E-state index contributed by atoms with van der Waals surface area (Å²) < 4.78 is 37.2. The molecular weight excluding hydrogens is 273 g/mol. The van der Waals surface area contributed by atoms with Crippen LogP contribution < -0.4 is 5.32 Å². The Hall–Kier alpha value is -0.980. The molecule has 0 aromatic rings. The number of halogens is 4. The average molecular weight is 287 g/mol. The number of alkyl halides is 4. The molecular formula is C10H14ClF3N2O2. The van der Waals surface area contributed by atoms with Crippen molar-refractivity contribution in [3.8, 4) is 0 Å². The van der Waals surface area contributed by atoms with Gasteiger partial charge < -0.3 is 4.90 Å². The number of urea groups is 1. The average Bonchev–Trinajstić information content (AvgIpc) is 2.28. The molecule has 18 heavy (non-hydrogen) atoms. The molecule has 1 fully saturated rings. The number of piperidine rings is 1. The predicted molar refractivity (Wildman–Crippen MR) is 59.2 cm³/mol. The maximum atomic E-state index is 12.4. The first-order valence-corrected chi connectivity index (χ1v) is 6.09. The van der Waals surface area contributed by atoms with Gasteiger partial charge in [0.15, 0.2) is 0 Å². The molecule has 0 aliphatic carbocycles. The maximum Gasteiger partial charge on any atom is 0.391 e. The molecule has 0 aromatic heterocycles. The Morgan fingerprint density at radius 1 is 1.28 bits per heavy atom. The summed E-state index contributed by atoms with van der Waals surface area (Å²) in [6.07, 6.45) is -4.45. The molecule has 0 atom stereocenters. The van der Waals surface area contributed by atoms with E-state index in [9.17, 15) is 22.8 Å². The summed E-state index contributed by atoms with van der Waals surface area (Å²) >= 11 is 5.32. The van der Waals surface area contributed by atoms with Gasteiger partial charge in [-0.2, -0.15) is 13.2 Å². The molecule has 0 saturated carbocycles. The number of amides is 3. The largest absolute Gasteiger partial charge is 0.391 e. The molecule has 1 N–H and O–H groups in total. The van der Waals surface area contributed by atoms with Gasteiger partial charge in [0.2, 0.25) is 5.91 Å². The Morgan fingerprint density at radius 3 is 2.28 bits per heavy atom. The monoisotopic (exact) mass is 286 g/mol. The smallest absolute Gasteiger partial charge is 0.324 e. The lowest BCUT2D eigenvalue weighted by Gasteiger charge is -2.32. The highest BCUT2D eigenvalue weighted by molar-refractivity contribution is 6.19. The quantitative estimate of drug-likeness (QED) is 0.791. The van der Waals surface area contributed by atoms with Gasteiger partial charge in [0.05, 0.1) is 5.92 Å². The first-order chi connectivity index (χ1) is 8.34. The maximum absolute atomic E-state index is 12.4. The van der Waals surface area contributed by atoms with E-state index < -0.39 is 24.0 Å². The standard InChI is InChI=1S/C10H14ClF3N2O2/c11-4-1-8(17)15-9(18)16-5-2-7(3-6-16)10(12,13)14/h7H,1-6H2,(H,15,17,18). The van der Waals surface area contributed by atoms with Gasteiger partial charge in [0, 0.05) is 25.4 Å². The summed E-state index contributed by atoms with van der Waals surface area (Å²) in [7, 11) is 0. The fourth-order valence-corrected chi connectivity index (χ4v) is 1.93. The van der Waals surface area contributed by atoms with Crippen LogP contribution in [0.2, 0.25) is 0 Å². The Morgan fingerprint density at radius 2 is 1.83 bits per heavy atom. The summed E-state index contributed by atoms with van der Waals surface area (Å²) in [6, 6.07) is -0.647. The number of hydrogen-bond donors (Lipinski definition) is 1. The molecule has 4 nitrogen and oxygen atoms in total. The first-order valence-electron chi connectivity index (χ1n) is 5.56. The predicted octanol–water partition coefficient (Wildman–Crippen LogP) is 2.13. The minimum absolute atomic E-state index is 0.00413. The molecule has 0 spiro atoms. The van der Waals surface area contributed by atoms with Gasteiger partial charge in [0.1, 0.15) is 0 Å². The van der Waals surface area contributed by atoms with Gasteiger partial charge in [-0.1, -0.05) is 0 Å². The lowest BCUT2D eigenvalue weighted by Crippen LogP contribution is -2.48. The highest BCUT2D eigenvalue weighted by Gasteiger charge is 2.41. The molecule has 0 unspecified atom stereocenters. The fourth-order valence-electron chi connectivity index (χ4n) is 1.76. The molecule has 0 bridgehead atoms. The van der Waals surface area contributed by atoms with Crippen LogP contribution in [0.15, 0.2) is 0 Å². The van der Waals surface area contributed by atoms with E-state index in [1.54, 1.807) is 0 Å². The third-order valence-corrected chi connectivity index (χ3v) is 3.00. The minimum atomic E-state index is -4.21. The third-order valence-electron chi connectivity index (χ3n) is 2.81. The number of carbonyl (C=O) groups excluding carboxylic acids is 2. The van der Waals surface area contributed by atoms with E-state index in [2.05, 4.69) is 5.32 Å². The van der Waals surface area contributed by atoms with Crippen LogP contribution in [0.3, 0.4) is 0 Å².